The standard InChI is InChI=1S/C10H17N3OS/c1-2-7(11)9-12-10(14-13-9)8-5-3-4-6-15-8/h7-8H,2-6,11H2,1H3. The van der Waals surface area contributed by atoms with Crippen molar-refractivity contribution in [3.8, 4) is 0 Å². The fraction of sp³-hybridized carbons (Fsp3) is 0.800. The first-order valence-electron chi connectivity index (χ1n) is 5.52. The molecule has 0 saturated carbocycles. The van der Waals surface area contributed by atoms with Gasteiger partial charge in [-0.25, -0.2) is 0 Å². The first-order chi connectivity index (χ1) is 7.31. The van der Waals surface area contributed by atoms with E-state index in [4.69, 9.17) is 10.3 Å². The third kappa shape index (κ3) is 2.52. The van der Waals surface area contributed by atoms with Gasteiger partial charge in [0.25, 0.3) is 0 Å². The van der Waals surface area contributed by atoms with Crippen LogP contribution in [0.25, 0.3) is 0 Å². The van der Waals surface area contributed by atoms with Crippen molar-refractivity contribution in [2.24, 2.45) is 5.73 Å². The van der Waals surface area contributed by atoms with E-state index in [2.05, 4.69) is 10.1 Å². The molecule has 2 N–H and O–H groups in total. The second-order valence-electron chi connectivity index (χ2n) is 3.86. The third-order valence-corrected chi connectivity index (χ3v) is 4.05. The number of nitrogens with two attached hydrogens (primary N) is 1. The fourth-order valence-electron chi connectivity index (χ4n) is 1.65. The van der Waals surface area contributed by atoms with Crippen LogP contribution in [0, 0.1) is 0 Å². The van der Waals surface area contributed by atoms with Crippen LogP contribution in [0.5, 0.6) is 0 Å². The van der Waals surface area contributed by atoms with Crippen LogP contribution in [0.15, 0.2) is 4.52 Å². The van der Waals surface area contributed by atoms with Gasteiger partial charge in [-0.05, 0) is 25.0 Å². The molecular formula is C10H17N3OS. The lowest BCUT2D eigenvalue weighted by Gasteiger charge is -2.16. The third-order valence-electron chi connectivity index (χ3n) is 2.68. The summed E-state index contributed by atoms with van der Waals surface area (Å²) in [6.45, 7) is 2.02. The molecule has 2 unspecified atom stereocenters. The fourth-order valence-corrected chi connectivity index (χ4v) is 2.87. The van der Waals surface area contributed by atoms with Crippen molar-refractivity contribution in [1.29, 1.82) is 0 Å². The minimum atomic E-state index is -0.0870. The topological polar surface area (TPSA) is 64.9 Å². The van der Waals surface area contributed by atoms with Gasteiger partial charge in [-0.1, -0.05) is 18.5 Å². The van der Waals surface area contributed by atoms with E-state index in [1.54, 1.807) is 0 Å². The van der Waals surface area contributed by atoms with Gasteiger partial charge in [0.15, 0.2) is 5.82 Å². The second kappa shape index (κ2) is 4.99. The van der Waals surface area contributed by atoms with Gasteiger partial charge in [-0.2, -0.15) is 4.98 Å². The Morgan fingerprint density at radius 2 is 2.47 bits per heavy atom. The van der Waals surface area contributed by atoms with E-state index in [-0.39, 0.29) is 6.04 Å². The van der Waals surface area contributed by atoms with Crippen molar-refractivity contribution >= 4 is 11.8 Å². The van der Waals surface area contributed by atoms with Gasteiger partial charge in [-0.15, -0.1) is 11.8 Å². The van der Waals surface area contributed by atoms with Crippen LogP contribution < -0.4 is 5.73 Å². The minimum absolute atomic E-state index is 0.0870. The van der Waals surface area contributed by atoms with Crippen LogP contribution >= 0.6 is 11.8 Å². The molecule has 5 heteroatoms. The Balaban J connectivity index is 2.05. The highest BCUT2D eigenvalue weighted by Crippen LogP contribution is 2.37. The zero-order valence-corrected chi connectivity index (χ0v) is 9.80. The summed E-state index contributed by atoms with van der Waals surface area (Å²) >= 11 is 1.91. The smallest absolute Gasteiger partial charge is 0.239 e. The van der Waals surface area contributed by atoms with Crippen molar-refractivity contribution in [1.82, 2.24) is 10.1 Å². The largest absolute Gasteiger partial charge is 0.338 e. The summed E-state index contributed by atoms with van der Waals surface area (Å²) in [5, 5.41) is 4.33. The van der Waals surface area contributed by atoms with Gasteiger partial charge in [0, 0.05) is 0 Å². The summed E-state index contributed by atoms with van der Waals surface area (Å²) in [6.07, 6.45) is 4.55. The Kier molecular flexibility index (Phi) is 3.64. The van der Waals surface area contributed by atoms with Gasteiger partial charge in [-0.3, -0.25) is 0 Å². The summed E-state index contributed by atoms with van der Waals surface area (Å²) in [7, 11) is 0. The summed E-state index contributed by atoms with van der Waals surface area (Å²) in [6, 6.07) is -0.0870. The first kappa shape index (κ1) is 11.0. The molecular weight excluding hydrogens is 210 g/mol. The Morgan fingerprint density at radius 3 is 3.13 bits per heavy atom. The summed E-state index contributed by atoms with van der Waals surface area (Å²) in [5.41, 5.74) is 5.85. The maximum absolute atomic E-state index is 5.85. The molecule has 0 amide bonds. The highest BCUT2D eigenvalue weighted by Gasteiger charge is 2.23. The van der Waals surface area contributed by atoms with Crippen molar-refractivity contribution in [3.63, 3.8) is 0 Å². The SMILES string of the molecule is CCC(N)c1noc(C2CCCCS2)n1. The average Bonchev–Trinajstić information content (AvgIpc) is 2.78. The van der Waals surface area contributed by atoms with Crippen LogP contribution in [-0.4, -0.2) is 15.9 Å². The van der Waals surface area contributed by atoms with Crippen LogP contribution in [0.4, 0.5) is 0 Å². The normalized spacial score (nSPS) is 24.0. The van der Waals surface area contributed by atoms with Crippen LogP contribution in [-0.2, 0) is 0 Å². The highest BCUT2D eigenvalue weighted by atomic mass is 32.2. The minimum Gasteiger partial charge on any atom is -0.338 e. The molecule has 1 saturated heterocycles. The van der Waals surface area contributed by atoms with E-state index in [1.165, 1.54) is 18.6 Å². The number of hydrogen-bond donors (Lipinski definition) is 1. The lowest BCUT2D eigenvalue weighted by Crippen LogP contribution is -2.10. The Hall–Kier alpha value is -0.550. The molecule has 2 heterocycles. The highest BCUT2D eigenvalue weighted by molar-refractivity contribution is 7.99. The maximum Gasteiger partial charge on any atom is 0.239 e. The van der Waals surface area contributed by atoms with E-state index in [0.29, 0.717) is 11.1 Å². The van der Waals surface area contributed by atoms with Crippen molar-refractivity contribution in [2.45, 2.75) is 43.9 Å². The number of nitrogens with zero attached hydrogens (tertiary/aromatic N) is 2. The Bertz CT molecular complexity index is 309. The average molecular weight is 227 g/mol. The first-order valence-corrected chi connectivity index (χ1v) is 6.56. The lowest BCUT2D eigenvalue weighted by molar-refractivity contribution is 0.362. The molecule has 2 atom stereocenters. The molecule has 4 nitrogen and oxygen atoms in total. The number of aromatic nitrogens is 2. The molecule has 2 rings (SSSR count). The zero-order chi connectivity index (χ0) is 10.7. The summed E-state index contributed by atoms with van der Waals surface area (Å²) in [4.78, 5) is 4.38. The molecule has 1 fully saturated rings. The molecule has 84 valence electrons. The van der Waals surface area contributed by atoms with Gasteiger partial charge in [0.2, 0.25) is 5.89 Å². The zero-order valence-electron chi connectivity index (χ0n) is 8.98. The van der Waals surface area contributed by atoms with Gasteiger partial charge >= 0.3 is 0 Å². The Morgan fingerprint density at radius 1 is 1.60 bits per heavy atom. The van der Waals surface area contributed by atoms with E-state index in [9.17, 15) is 0 Å². The molecule has 1 aromatic heterocycles. The molecule has 0 aromatic carbocycles. The molecule has 1 aliphatic rings. The molecule has 15 heavy (non-hydrogen) atoms. The maximum atomic E-state index is 5.85. The Labute approximate surface area is 94.0 Å². The van der Waals surface area contributed by atoms with Crippen molar-refractivity contribution in [2.75, 3.05) is 5.75 Å². The predicted molar refractivity (Wildman–Crippen MR) is 60.6 cm³/mol. The van der Waals surface area contributed by atoms with Crippen LogP contribution in [0.2, 0.25) is 0 Å². The van der Waals surface area contributed by atoms with E-state index in [1.807, 2.05) is 18.7 Å². The summed E-state index contributed by atoms with van der Waals surface area (Å²) < 4.78 is 5.27. The lowest BCUT2D eigenvalue weighted by atomic mass is 10.2. The molecule has 0 bridgehead atoms. The van der Waals surface area contributed by atoms with E-state index < -0.39 is 0 Å². The van der Waals surface area contributed by atoms with Crippen molar-refractivity contribution < 1.29 is 4.52 Å². The molecule has 0 aliphatic carbocycles. The number of hydrogen-bond acceptors (Lipinski definition) is 5. The molecule has 0 radical (unpaired) electrons. The van der Waals surface area contributed by atoms with Gasteiger partial charge < -0.3 is 10.3 Å². The summed E-state index contributed by atoms with van der Waals surface area (Å²) in [5.74, 6) is 2.61. The monoisotopic (exact) mass is 227 g/mol. The second-order valence-corrected chi connectivity index (χ2v) is 5.17. The van der Waals surface area contributed by atoms with Gasteiger partial charge in [0.05, 0.1) is 11.3 Å². The number of rotatable bonds is 3. The molecule has 1 aromatic rings. The number of thioether (sulfide) groups is 1. The molecule has 1 aliphatic heterocycles. The van der Waals surface area contributed by atoms with E-state index >= 15 is 0 Å². The quantitative estimate of drug-likeness (QED) is 0.859. The van der Waals surface area contributed by atoms with Crippen LogP contribution in [0.1, 0.15) is 55.6 Å². The van der Waals surface area contributed by atoms with Gasteiger partial charge in [0.1, 0.15) is 0 Å². The molecule has 0 spiro atoms. The van der Waals surface area contributed by atoms with Crippen molar-refractivity contribution in [3.05, 3.63) is 11.7 Å². The van der Waals surface area contributed by atoms with E-state index in [0.717, 1.165) is 18.7 Å². The van der Waals surface area contributed by atoms with Crippen LogP contribution in [0.3, 0.4) is 0 Å². The predicted octanol–water partition coefficient (Wildman–Crippen LogP) is 2.44.